The third kappa shape index (κ3) is 8.36. The number of aromatic nitrogens is 2. The van der Waals surface area contributed by atoms with Gasteiger partial charge < -0.3 is 29.4 Å². The summed E-state index contributed by atoms with van der Waals surface area (Å²) in [5.74, 6) is -0.488. The summed E-state index contributed by atoms with van der Waals surface area (Å²) < 4.78 is 14.0. The Morgan fingerprint density at radius 3 is 2.51 bits per heavy atom. The number of nitrogens with zero attached hydrogens (tertiary/aromatic N) is 1. The number of nitrogens with one attached hydrogen (secondary N) is 3. The molecule has 2 heterocycles. The summed E-state index contributed by atoms with van der Waals surface area (Å²) in [7, 11) is -2.26. The SMILES string of the molecule is CC(C)(C)[Si](C)(C)OC(CNCc1ccc2oc(=O)n(C/C=C/c3ccc(-c4ccccc4)c(NC(=O)O)c3)c2c1)c1ccc(O)c2[nH]c(=O)ccc12. The van der Waals surface area contributed by atoms with Gasteiger partial charge in [-0.15, -0.1) is 0 Å². The number of oxazole rings is 1. The molecule has 12 heteroatoms. The first-order valence-electron chi connectivity index (χ1n) is 17.4. The number of hydrogen-bond acceptors (Lipinski definition) is 7. The maximum Gasteiger partial charge on any atom is 0.420 e. The second-order valence-electron chi connectivity index (χ2n) is 14.6. The molecule has 4 aromatic carbocycles. The number of fused-ring (bicyclic) bond motifs is 2. The second-order valence-corrected chi connectivity index (χ2v) is 19.3. The van der Waals surface area contributed by atoms with E-state index in [0.717, 1.165) is 27.8 Å². The van der Waals surface area contributed by atoms with Gasteiger partial charge in [0.25, 0.3) is 0 Å². The highest BCUT2D eigenvalue weighted by molar-refractivity contribution is 6.74. The lowest BCUT2D eigenvalue weighted by atomic mass is 10.0. The molecule has 53 heavy (non-hydrogen) atoms. The lowest BCUT2D eigenvalue weighted by Gasteiger charge is -2.39. The highest BCUT2D eigenvalue weighted by Gasteiger charge is 2.39. The molecule has 0 radical (unpaired) electrons. The lowest BCUT2D eigenvalue weighted by Crippen LogP contribution is -2.43. The quantitative estimate of drug-likeness (QED) is 0.0784. The van der Waals surface area contributed by atoms with E-state index in [1.807, 2.05) is 72.8 Å². The van der Waals surface area contributed by atoms with Crippen LogP contribution in [-0.2, 0) is 17.5 Å². The summed E-state index contributed by atoms with van der Waals surface area (Å²) >= 11 is 0. The van der Waals surface area contributed by atoms with Crippen molar-refractivity contribution in [2.75, 3.05) is 11.9 Å². The molecular formula is C41H44N4O7Si. The Bertz CT molecular complexity index is 2420. The van der Waals surface area contributed by atoms with Crippen LogP contribution in [0.3, 0.4) is 0 Å². The Balaban J connectivity index is 1.21. The fourth-order valence-electron chi connectivity index (χ4n) is 6.07. The van der Waals surface area contributed by atoms with E-state index in [9.17, 15) is 24.6 Å². The van der Waals surface area contributed by atoms with Gasteiger partial charge in [0.1, 0.15) is 5.75 Å². The van der Waals surface area contributed by atoms with Gasteiger partial charge in [-0.2, -0.15) is 0 Å². The maximum absolute atomic E-state index is 12.9. The molecule has 0 bridgehead atoms. The van der Waals surface area contributed by atoms with E-state index in [4.69, 9.17) is 8.84 Å². The fraction of sp³-hybridized carbons (Fsp3) is 0.244. The van der Waals surface area contributed by atoms with Crippen molar-refractivity contribution in [3.05, 3.63) is 135 Å². The van der Waals surface area contributed by atoms with Gasteiger partial charge in [-0.25, -0.2) is 9.59 Å². The zero-order valence-electron chi connectivity index (χ0n) is 30.4. The maximum atomic E-state index is 12.9. The second kappa shape index (κ2) is 15.1. The van der Waals surface area contributed by atoms with Crippen LogP contribution < -0.4 is 21.9 Å². The summed E-state index contributed by atoms with van der Waals surface area (Å²) in [6.45, 7) is 12.1. The summed E-state index contributed by atoms with van der Waals surface area (Å²) in [5.41, 5.74) is 5.85. The van der Waals surface area contributed by atoms with E-state index in [1.165, 1.54) is 6.07 Å². The van der Waals surface area contributed by atoms with Crippen molar-refractivity contribution in [1.82, 2.24) is 14.9 Å². The number of pyridine rings is 1. The zero-order valence-corrected chi connectivity index (χ0v) is 31.4. The van der Waals surface area contributed by atoms with E-state index < -0.39 is 20.2 Å². The highest BCUT2D eigenvalue weighted by atomic mass is 28.4. The molecule has 0 spiro atoms. The summed E-state index contributed by atoms with van der Waals surface area (Å²) in [6, 6.07) is 27.3. The van der Waals surface area contributed by atoms with Gasteiger partial charge in [0.05, 0.1) is 22.8 Å². The normalized spacial score (nSPS) is 12.8. The van der Waals surface area contributed by atoms with Crippen molar-refractivity contribution in [3.8, 4) is 16.9 Å². The van der Waals surface area contributed by atoms with Crippen LogP contribution in [0, 0.1) is 0 Å². The molecular weight excluding hydrogens is 689 g/mol. The van der Waals surface area contributed by atoms with Crippen molar-refractivity contribution in [1.29, 1.82) is 0 Å². The van der Waals surface area contributed by atoms with Crippen LogP contribution in [0.4, 0.5) is 10.5 Å². The van der Waals surface area contributed by atoms with Crippen LogP contribution >= 0.6 is 0 Å². The molecule has 0 aliphatic carbocycles. The van der Waals surface area contributed by atoms with Crippen molar-refractivity contribution in [3.63, 3.8) is 0 Å². The van der Waals surface area contributed by atoms with E-state index >= 15 is 0 Å². The minimum absolute atomic E-state index is 0.00398. The van der Waals surface area contributed by atoms with Crippen molar-refractivity contribution in [2.24, 2.45) is 0 Å². The van der Waals surface area contributed by atoms with Gasteiger partial charge in [0.15, 0.2) is 13.9 Å². The van der Waals surface area contributed by atoms with Crippen LogP contribution in [0.25, 0.3) is 39.2 Å². The smallest absolute Gasteiger partial charge is 0.420 e. The van der Waals surface area contributed by atoms with E-state index in [1.54, 1.807) is 28.8 Å². The average molecular weight is 733 g/mol. The fourth-order valence-corrected chi connectivity index (χ4v) is 7.35. The minimum Gasteiger partial charge on any atom is -0.506 e. The number of amides is 1. The molecule has 0 fully saturated rings. The van der Waals surface area contributed by atoms with Gasteiger partial charge in [-0.3, -0.25) is 14.7 Å². The molecule has 6 aromatic rings. The standard InChI is InChI=1S/C41H44N4O7Si/c1-41(2,3)53(4,5)52-36(30-16-18-34(46)38-31(30)17-20-37(47)44-38)25-42-24-27-14-19-35-33(23-27)45(40(50)51-35)21-9-10-26-13-15-29(28-11-7-6-8-12-28)32(22-26)43-39(48)49/h6-20,22-23,36,42-43,46H,21,24-25H2,1-5H3,(H,44,47)(H,48,49)/b10-9+. The Morgan fingerprint density at radius 1 is 1.00 bits per heavy atom. The first-order chi connectivity index (χ1) is 25.2. The minimum atomic E-state index is -2.26. The summed E-state index contributed by atoms with van der Waals surface area (Å²) in [5, 5.41) is 26.7. The lowest BCUT2D eigenvalue weighted by molar-refractivity contribution is 0.181. The van der Waals surface area contributed by atoms with E-state index in [0.29, 0.717) is 40.8 Å². The molecule has 5 N–H and O–H groups in total. The number of benzene rings is 4. The van der Waals surface area contributed by atoms with Crippen LogP contribution in [0.1, 0.15) is 43.6 Å². The number of allylic oxidation sites excluding steroid dienone is 1. The van der Waals surface area contributed by atoms with Crippen LogP contribution in [0.5, 0.6) is 5.75 Å². The molecule has 11 nitrogen and oxygen atoms in total. The Labute approximate surface area is 307 Å². The summed E-state index contributed by atoms with van der Waals surface area (Å²) in [4.78, 5) is 39.3. The Kier molecular flexibility index (Phi) is 10.6. The summed E-state index contributed by atoms with van der Waals surface area (Å²) in [6.07, 6.45) is 2.14. The predicted molar refractivity (Wildman–Crippen MR) is 212 cm³/mol. The van der Waals surface area contributed by atoms with Gasteiger partial charge in [0.2, 0.25) is 5.56 Å². The first kappa shape index (κ1) is 37.1. The van der Waals surface area contributed by atoms with Gasteiger partial charge in [-0.1, -0.05) is 87.5 Å². The molecule has 1 amide bonds. The molecule has 1 atom stereocenters. The monoisotopic (exact) mass is 732 g/mol. The third-order valence-corrected chi connectivity index (χ3v) is 14.3. The molecule has 0 saturated heterocycles. The molecule has 2 aromatic heterocycles. The number of aromatic amines is 1. The Morgan fingerprint density at radius 2 is 1.77 bits per heavy atom. The third-order valence-electron chi connectivity index (χ3n) is 9.86. The number of aromatic hydroxyl groups is 1. The Hall–Kier alpha value is -5.69. The topological polar surface area (TPSA) is 159 Å². The number of phenolic OH excluding ortho intramolecular Hbond substituents is 1. The number of anilines is 1. The molecule has 6 rings (SSSR count). The number of carbonyl (C=O) groups is 1. The number of phenols is 1. The molecule has 0 saturated carbocycles. The average Bonchev–Trinajstić information content (AvgIpc) is 3.41. The van der Waals surface area contributed by atoms with Gasteiger partial charge in [-0.05, 0) is 70.7 Å². The zero-order chi connectivity index (χ0) is 37.9. The number of hydrogen-bond donors (Lipinski definition) is 5. The number of H-pyrrole nitrogens is 1. The van der Waals surface area contributed by atoms with E-state index in [-0.39, 0.29) is 29.0 Å². The van der Waals surface area contributed by atoms with Crippen molar-refractivity contribution < 1.29 is 23.9 Å². The first-order valence-corrected chi connectivity index (χ1v) is 20.3. The van der Waals surface area contributed by atoms with Crippen LogP contribution in [0.15, 0.2) is 111 Å². The number of rotatable bonds is 12. The number of carboxylic acid groups (broad SMARTS) is 1. The van der Waals surface area contributed by atoms with Gasteiger partial charge in [0, 0.05) is 36.7 Å². The van der Waals surface area contributed by atoms with Crippen LogP contribution in [-0.4, -0.2) is 40.7 Å². The van der Waals surface area contributed by atoms with Crippen molar-refractivity contribution >= 4 is 48.2 Å². The van der Waals surface area contributed by atoms with Gasteiger partial charge >= 0.3 is 11.8 Å². The predicted octanol–water partition coefficient (Wildman–Crippen LogP) is 8.46. The molecule has 274 valence electrons. The molecule has 1 unspecified atom stereocenters. The largest absolute Gasteiger partial charge is 0.506 e. The van der Waals surface area contributed by atoms with Crippen LogP contribution in [0.2, 0.25) is 18.1 Å². The molecule has 0 aliphatic heterocycles. The van der Waals surface area contributed by atoms with Crippen molar-refractivity contribution in [2.45, 2.75) is 58.1 Å². The van der Waals surface area contributed by atoms with E-state index in [2.05, 4.69) is 49.5 Å². The highest BCUT2D eigenvalue weighted by Crippen LogP contribution is 2.41. The molecule has 0 aliphatic rings.